The number of aromatic nitrogens is 2. The predicted octanol–water partition coefficient (Wildman–Crippen LogP) is 2.88. The van der Waals surface area contributed by atoms with Crippen LogP contribution in [0.3, 0.4) is 0 Å². The van der Waals surface area contributed by atoms with E-state index in [-0.39, 0.29) is 12.1 Å². The molecule has 2 aromatic rings. The maximum atomic E-state index is 6.00. The van der Waals surface area contributed by atoms with Crippen molar-refractivity contribution < 1.29 is 14.2 Å². The maximum absolute atomic E-state index is 6.00. The van der Waals surface area contributed by atoms with Gasteiger partial charge in [0.05, 0.1) is 12.6 Å². The van der Waals surface area contributed by atoms with Gasteiger partial charge in [0.25, 0.3) is 0 Å². The fraction of sp³-hybridized carbons (Fsp3) is 0.600. The third kappa shape index (κ3) is 5.43. The van der Waals surface area contributed by atoms with E-state index in [1.165, 1.54) is 26.4 Å². The molecule has 0 saturated carbocycles. The molecule has 0 amide bonds. The van der Waals surface area contributed by atoms with Gasteiger partial charge in [0.1, 0.15) is 24.3 Å². The van der Waals surface area contributed by atoms with Gasteiger partial charge in [-0.1, -0.05) is 19.8 Å². The topological polar surface area (TPSA) is 82.7 Å². The normalized spacial score (nSPS) is 18.4. The van der Waals surface area contributed by atoms with Crippen LogP contribution in [0, 0.1) is 0 Å². The van der Waals surface area contributed by atoms with Crippen molar-refractivity contribution >= 4 is 16.7 Å². The summed E-state index contributed by atoms with van der Waals surface area (Å²) in [6.07, 6.45) is 4.93. The number of fused-ring (bicyclic) bond motifs is 1. The summed E-state index contributed by atoms with van der Waals surface area (Å²) in [5.41, 5.74) is 6.67. The molecule has 0 spiro atoms. The first-order valence-corrected chi connectivity index (χ1v) is 9.77. The van der Waals surface area contributed by atoms with Crippen molar-refractivity contribution in [3.05, 3.63) is 18.2 Å². The second-order valence-corrected chi connectivity index (χ2v) is 6.94. The second kappa shape index (κ2) is 9.71. The Labute approximate surface area is 160 Å². The van der Waals surface area contributed by atoms with Crippen molar-refractivity contribution in [1.82, 2.24) is 14.9 Å². The Kier molecular flexibility index (Phi) is 7.06. The van der Waals surface area contributed by atoms with Crippen molar-refractivity contribution in [2.75, 3.05) is 45.7 Å². The van der Waals surface area contributed by atoms with Crippen LogP contribution < -0.4 is 15.2 Å². The summed E-state index contributed by atoms with van der Waals surface area (Å²) in [6, 6.07) is 5.90. The summed E-state index contributed by atoms with van der Waals surface area (Å²) >= 11 is 0. The SMILES string of the molecule is CCCCCN1CCCOC(COc2ccc3c(N)nc(OC)nc3c2)C1. The molecule has 148 valence electrons. The van der Waals surface area contributed by atoms with Crippen LogP contribution in [0.5, 0.6) is 11.8 Å². The van der Waals surface area contributed by atoms with Crippen molar-refractivity contribution in [2.24, 2.45) is 0 Å². The van der Waals surface area contributed by atoms with E-state index in [1.54, 1.807) is 0 Å². The van der Waals surface area contributed by atoms with Crippen molar-refractivity contribution in [2.45, 2.75) is 38.7 Å². The van der Waals surface area contributed by atoms with Gasteiger partial charge in [0.15, 0.2) is 0 Å². The van der Waals surface area contributed by atoms with Gasteiger partial charge < -0.3 is 24.8 Å². The number of methoxy groups -OCH3 is 1. The number of hydrogen-bond donors (Lipinski definition) is 1. The lowest BCUT2D eigenvalue weighted by Crippen LogP contribution is -2.35. The smallest absolute Gasteiger partial charge is 0.318 e. The van der Waals surface area contributed by atoms with E-state index in [1.807, 2.05) is 18.2 Å². The van der Waals surface area contributed by atoms with E-state index in [9.17, 15) is 0 Å². The molecule has 0 aliphatic carbocycles. The van der Waals surface area contributed by atoms with E-state index >= 15 is 0 Å². The van der Waals surface area contributed by atoms with Crippen molar-refractivity contribution in [3.8, 4) is 11.8 Å². The second-order valence-electron chi connectivity index (χ2n) is 6.94. The van der Waals surface area contributed by atoms with Crippen LogP contribution in [-0.2, 0) is 4.74 Å². The highest BCUT2D eigenvalue weighted by atomic mass is 16.5. The molecule has 1 aromatic carbocycles. The van der Waals surface area contributed by atoms with Gasteiger partial charge in [-0.05, 0) is 31.5 Å². The van der Waals surface area contributed by atoms with Crippen molar-refractivity contribution in [1.29, 1.82) is 0 Å². The zero-order chi connectivity index (χ0) is 19.1. The summed E-state index contributed by atoms with van der Waals surface area (Å²) in [5.74, 6) is 1.14. The van der Waals surface area contributed by atoms with E-state index in [2.05, 4.69) is 21.8 Å². The Morgan fingerprint density at radius 3 is 3.00 bits per heavy atom. The average molecular weight is 374 g/mol. The van der Waals surface area contributed by atoms with Gasteiger partial charge >= 0.3 is 6.01 Å². The van der Waals surface area contributed by atoms with Gasteiger partial charge in [0, 0.05) is 31.1 Å². The van der Waals surface area contributed by atoms with Crippen LogP contribution in [0.2, 0.25) is 0 Å². The Hall–Kier alpha value is -2.12. The quantitative estimate of drug-likeness (QED) is 0.711. The van der Waals surface area contributed by atoms with E-state index in [4.69, 9.17) is 19.9 Å². The molecule has 3 rings (SSSR count). The highest BCUT2D eigenvalue weighted by Gasteiger charge is 2.19. The lowest BCUT2D eigenvalue weighted by molar-refractivity contribution is 0.0208. The highest BCUT2D eigenvalue weighted by molar-refractivity contribution is 5.89. The number of nitrogens with two attached hydrogens (primary N) is 1. The first kappa shape index (κ1) is 19.6. The van der Waals surface area contributed by atoms with Gasteiger partial charge in [-0.25, -0.2) is 0 Å². The molecule has 1 saturated heterocycles. The molecule has 1 atom stereocenters. The summed E-state index contributed by atoms with van der Waals surface area (Å²) in [5, 5.41) is 0.788. The fourth-order valence-corrected chi connectivity index (χ4v) is 3.34. The highest BCUT2D eigenvalue weighted by Crippen LogP contribution is 2.25. The van der Waals surface area contributed by atoms with Crippen molar-refractivity contribution in [3.63, 3.8) is 0 Å². The van der Waals surface area contributed by atoms with Crippen LogP contribution >= 0.6 is 0 Å². The van der Waals surface area contributed by atoms with Gasteiger partial charge in [-0.15, -0.1) is 0 Å². The molecule has 1 unspecified atom stereocenters. The summed E-state index contributed by atoms with van der Waals surface area (Å²) in [7, 11) is 1.52. The molecule has 2 heterocycles. The number of benzene rings is 1. The molecular formula is C20H30N4O3. The lowest BCUT2D eigenvalue weighted by atomic mass is 10.2. The predicted molar refractivity (Wildman–Crippen MR) is 106 cm³/mol. The third-order valence-corrected chi connectivity index (χ3v) is 4.81. The number of rotatable bonds is 8. The van der Waals surface area contributed by atoms with Crippen LogP contribution in [0.1, 0.15) is 32.6 Å². The molecule has 0 radical (unpaired) electrons. The molecule has 2 N–H and O–H groups in total. The van der Waals surface area contributed by atoms with E-state index in [0.29, 0.717) is 17.9 Å². The minimum absolute atomic E-state index is 0.0785. The monoisotopic (exact) mass is 374 g/mol. The third-order valence-electron chi connectivity index (χ3n) is 4.81. The van der Waals surface area contributed by atoms with E-state index < -0.39 is 0 Å². The molecule has 1 fully saturated rings. The first-order valence-electron chi connectivity index (χ1n) is 9.77. The number of nitrogens with zero attached hydrogens (tertiary/aromatic N) is 3. The standard InChI is InChI=1S/C20H30N4O3/c1-3-4-5-9-24-10-6-11-26-16(13-24)14-27-15-7-8-17-18(12-15)22-20(25-2)23-19(17)21/h7-8,12,16H,3-6,9-11,13-14H2,1-2H3,(H2,21,22,23). The van der Waals surface area contributed by atoms with Crippen LogP contribution in [0.15, 0.2) is 18.2 Å². The largest absolute Gasteiger partial charge is 0.491 e. The minimum Gasteiger partial charge on any atom is -0.491 e. The first-order chi connectivity index (χ1) is 13.2. The van der Waals surface area contributed by atoms with Crippen LogP contribution in [-0.4, -0.2) is 60.9 Å². The van der Waals surface area contributed by atoms with Gasteiger partial charge in [0.2, 0.25) is 0 Å². The van der Waals surface area contributed by atoms with Crippen LogP contribution in [0.25, 0.3) is 10.9 Å². The Balaban J connectivity index is 1.61. The van der Waals surface area contributed by atoms with Gasteiger partial charge in [-0.3, -0.25) is 0 Å². The van der Waals surface area contributed by atoms with Crippen LogP contribution in [0.4, 0.5) is 5.82 Å². The maximum Gasteiger partial charge on any atom is 0.318 e. The summed E-state index contributed by atoms with van der Waals surface area (Å²) in [6.45, 7) is 6.70. The molecule has 0 bridgehead atoms. The fourth-order valence-electron chi connectivity index (χ4n) is 3.34. The Morgan fingerprint density at radius 1 is 1.30 bits per heavy atom. The zero-order valence-electron chi connectivity index (χ0n) is 16.3. The number of nitrogen functional groups attached to an aromatic ring is 1. The number of hydrogen-bond acceptors (Lipinski definition) is 7. The number of anilines is 1. The molecule has 1 aromatic heterocycles. The summed E-state index contributed by atoms with van der Waals surface area (Å²) < 4.78 is 17.1. The average Bonchev–Trinajstić information content (AvgIpc) is 2.91. The molecule has 7 heteroatoms. The molecule has 1 aliphatic rings. The van der Waals surface area contributed by atoms with Gasteiger partial charge in [-0.2, -0.15) is 9.97 Å². The molecule has 7 nitrogen and oxygen atoms in total. The number of ether oxygens (including phenoxy) is 3. The summed E-state index contributed by atoms with van der Waals surface area (Å²) in [4.78, 5) is 10.9. The molecular weight excluding hydrogens is 344 g/mol. The number of unbranched alkanes of at least 4 members (excludes halogenated alkanes) is 2. The zero-order valence-corrected chi connectivity index (χ0v) is 16.3. The Bertz CT molecular complexity index is 740. The molecule has 1 aliphatic heterocycles. The molecule has 27 heavy (non-hydrogen) atoms. The Morgan fingerprint density at radius 2 is 2.19 bits per heavy atom. The minimum atomic E-state index is 0.0785. The van der Waals surface area contributed by atoms with E-state index in [0.717, 1.165) is 43.8 Å². The lowest BCUT2D eigenvalue weighted by Gasteiger charge is -2.23.